The highest BCUT2D eigenvalue weighted by Crippen LogP contribution is 2.47. The minimum Gasteiger partial charge on any atom is -0.379 e. The third-order valence-corrected chi connectivity index (χ3v) is 3.41. The molecular formula is C9H17BrO2. The van der Waals surface area contributed by atoms with Crippen molar-refractivity contribution in [2.45, 2.75) is 19.8 Å². The van der Waals surface area contributed by atoms with Gasteiger partial charge in [-0.15, -0.1) is 0 Å². The van der Waals surface area contributed by atoms with E-state index in [0.29, 0.717) is 5.41 Å². The van der Waals surface area contributed by atoms with Crippen LogP contribution in [0.15, 0.2) is 0 Å². The summed E-state index contributed by atoms with van der Waals surface area (Å²) in [5, 5.41) is 1.08. The molecule has 0 saturated heterocycles. The Bertz CT molecular complexity index is 124. The Morgan fingerprint density at radius 2 is 1.92 bits per heavy atom. The molecule has 0 N–H and O–H groups in total. The molecular weight excluding hydrogens is 220 g/mol. The van der Waals surface area contributed by atoms with Gasteiger partial charge in [0, 0.05) is 17.4 Å². The molecule has 0 unspecified atom stereocenters. The zero-order valence-electron chi connectivity index (χ0n) is 7.64. The van der Waals surface area contributed by atoms with Gasteiger partial charge in [0.05, 0.1) is 19.8 Å². The lowest BCUT2D eigenvalue weighted by Gasteiger charge is -2.11. The summed E-state index contributed by atoms with van der Waals surface area (Å²) < 4.78 is 10.7. The zero-order chi connectivity index (χ0) is 8.86. The van der Waals surface area contributed by atoms with Crippen LogP contribution < -0.4 is 0 Å². The highest BCUT2D eigenvalue weighted by Gasteiger charge is 2.41. The summed E-state index contributed by atoms with van der Waals surface area (Å²) in [4.78, 5) is 0. The van der Waals surface area contributed by atoms with Crippen LogP contribution in [0.5, 0.6) is 0 Å². The van der Waals surface area contributed by atoms with E-state index in [4.69, 9.17) is 9.47 Å². The van der Waals surface area contributed by atoms with E-state index in [0.717, 1.165) is 31.8 Å². The van der Waals surface area contributed by atoms with E-state index in [1.54, 1.807) is 0 Å². The standard InChI is InChI=1S/C9H17BrO2/c1-2-11-5-6-12-8-9(7-10)3-4-9/h2-8H2,1H3. The number of alkyl halides is 1. The van der Waals surface area contributed by atoms with Gasteiger partial charge >= 0.3 is 0 Å². The topological polar surface area (TPSA) is 18.5 Å². The van der Waals surface area contributed by atoms with E-state index in [1.165, 1.54) is 12.8 Å². The molecule has 0 aromatic rings. The monoisotopic (exact) mass is 236 g/mol. The first-order valence-electron chi connectivity index (χ1n) is 4.54. The molecule has 1 aliphatic rings. The quantitative estimate of drug-likeness (QED) is 0.499. The fourth-order valence-electron chi connectivity index (χ4n) is 1.04. The lowest BCUT2D eigenvalue weighted by molar-refractivity contribution is 0.0366. The summed E-state index contributed by atoms with van der Waals surface area (Å²) in [6.45, 7) is 5.15. The number of rotatable bonds is 7. The van der Waals surface area contributed by atoms with Crippen molar-refractivity contribution in [3.05, 3.63) is 0 Å². The van der Waals surface area contributed by atoms with E-state index < -0.39 is 0 Å². The first-order chi connectivity index (χ1) is 5.83. The molecule has 1 saturated carbocycles. The van der Waals surface area contributed by atoms with Gasteiger partial charge in [-0.1, -0.05) is 15.9 Å². The Labute approximate surface area is 82.7 Å². The number of hydrogen-bond donors (Lipinski definition) is 0. The van der Waals surface area contributed by atoms with Crippen LogP contribution in [0.4, 0.5) is 0 Å². The van der Waals surface area contributed by atoms with E-state index in [9.17, 15) is 0 Å². The lowest BCUT2D eigenvalue weighted by Crippen LogP contribution is -2.14. The second-order valence-electron chi connectivity index (χ2n) is 3.38. The Kier molecular flexibility index (Phi) is 4.54. The van der Waals surface area contributed by atoms with Crippen LogP contribution in [0.3, 0.4) is 0 Å². The van der Waals surface area contributed by atoms with Gasteiger partial charge in [-0.25, -0.2) is 0 Å². The molecule has 0 bridgehead atoms. The number of ether oxygens (including phenoxy) is 2. The summed E-state index contributed by atoms with van der Waals surface area (Å²) in [5.74, 6) is 0. The van der Waals surface area contributed by atoms with Crippen molar-refractivity contribution in [3.63, 3.8) is 0 Å². The van der Waals surface area contributed by atoms with Gasteiger partial charge in [-0.05, 0) is 19.8 Å². The molecule has 0 aromatic heterocycles. The van der Waals surface area contributed by atoms with Gasteiger partial charge in [0.2, 0.25) is 0 Å². The van der Waals surface area contributed by atoms with Crippen LogP contribution in [-0.2, 0) is 9.47 Å². The van der Waals surface area contributed by atoms with Crippen LogP contribution in [0.2, 0.25) is 0 Å². The normalized spacial score (nSPS) is 19.5. The zero-order valence-corrected chi connectivity index (χ0v) is 9.23. The van der Waals surface area contributed by atoms with Crippen molar-refractivity contribution in [2.75, 3.05) is 31.8 Å². The van der Waals surface area contributed by atoms with E-state index >= 15 is 0 Å². The van der Waals surface area contributed by atoms with Gasteiger partial charge in [0.15, 0.2) is 0 Å². The van der Waals surface area contributed by atoms with Crippen molar-refractivity contribution in [3.8, 4) is 0 Å². The van der Waals surface area contributed by atoms with Crippen LogP contribution in [0.25, 0.3) is 0 Å². The molecule has 72 valence electrons. The largest absolute Gasteiger partial charge is 0.379 e. The fraction of sp³-hybridized carbons (Fsp3) is 1.00. The van der Waals surface area contributed by atoms with Crippen LogP contribution >= 0.6 is 15.9 Å². The first-order valence-corrected chi connectivity index (χ1v) is 5.66. The maximum absolute atomic E-state index is 5.50. The number of hydrogen-bond acceptors (Lipinski definition) is 2. The molecule has 12 heavy (non-hydrogen) atoms. The maximum atomic E-state index is 5.50. The molecule has 0 heterocycles. The van der Waals surface area contributed by atoms with Gasteiger partial charge in [0.1, 0.15) is 0 Å². The summed E-state index contributed by atoms with van der Waals surface area (Å²) in [5.41, 5.74) is 0.478. The van der Waals surface area contributed by atoms with Gasteiger partial charge in [-0.3, -0.25) is 0 Å². The minimum atomic E-state index is 0.478. The molecule has 2 nitrogen and oxygen atoms in total. The smallest absolute Gasteiger partial charge is 0.0700 e. The molecule has 0 amide bonds. The highest BCUT2D eigenvalue weighted by atomic mass is 79.9. The van der Waals surface area contributed by atoms with Crippen molar-refractivity contribution in [1.29, 1.82) is 0 Å². The second-order valence-corrected chi connectivity index (χ2v) is 3.94. The van der Waals surface area contributed by atoms with Crippen molar-refractivity contribution in [2.24, 2.45) is 5.41 Å². The summed E-state index contributed by atoms with van der Waals surface area (Å²) >= 11 is 3.50. The van der Waals surface area contributed by atoms with Gasteiger partial charge in [0.25, 0.3) is 0 Å². The Morgan fingerprint density at radius 1 is 1.25 bits per heavy atom. The number of halogens is 1. The van der Waals surface area contributed by atoms with E-state index in [-0.39, 0.29) is 0 Å². The average molecular weight is 237 g/mol. The minimum absolute atomic E-state index is 0.478. The molecule has 1 aliphatic carbocycles. The average Bonchev–Trinajstić information content (AvgIpc) is 2.85. The molecule has 3 heteroatoms. The summed E-state index contributed by atoms with van der Waals surface area (Å²) in [6.07, 6.45) is 2.62. The van der Waals surface area contributed by atoms with Gasteiger partial charge in [-0.2, -0.15) is 0 Å². The van der Waals surface area contributed by atoms with Crippen LogP contribution in [-0.4, -0.2) is 31.8 Å². The van der Waals surface area contributed by atoms with E-state index in [1.807, 2.05) is 6.92 Å². The maximum Gasteiger partial charge on any atom is 0.0700 e. The first kappa shape index (κ1) is 10.5. The SMILES string of the molecule is CCOCCOCC1(CBr)CC1. The van der Waals surface area contributed by atoms with Crippen LogP contribution in [0, 0.1) is 5.41 Å². The fourth-order valence-corrected chi connectivity index (χ4v) is 1.77. The lowest BCUT2D eigenvalue weighted by atomic mass is 10.2. The summed E-state index contributed by atoms with van der Waals surface area (Å²) in [6, 6.07) is 0. The Hall–Kier alpha value is 0.400. The molecule has 1 fully saturated rings. The predicted molar refractivity (Wildman–Crippen MR) is 52.8 cm³/mol. The van der Waals surface area contributed by atoms with Crippen molar-refractivity contribution in [1.82, 2.24) is 0 Å². The van der Waals surface area contributed by atoms with Crippen LogP contribution in [0.1, 0.15) is 19.8 Å². The summed E-state index contributed by atoms with van der Waals surface area (Å²) in [7, 11) is 0. The second kappa shape index (κ2) is 5.20. The van der Waals surface area contributed by atoms with Gasteiger partial charge < -0.3 is 9.47 Å². The third kappa shape index (κ3) is 3.42. The van der Waals surface area contributed by atoms with Crippen molar-refractivity contribution < 1.29 is 9.47 Å². The Balaban J connectivity index is 1.89. The molecule has 0 aliphatic heterocycles. The Morgan fingerprint density at radius 3 is 2.42 bits per heavy atom. The molecule has 1 rings (SSSR count). The third-order valence-electron chi connectivity index (χ3n) is 2.22. The predicted octanol–water partition coefficient (Wildman–Crippen LogP) is 2.21. The molecule has 0 radical (unpaired) electrons. The molecule has 0 aromatic carbocycles. The van der Waals surface area contributed by atoms with Crippen molar-refractivity contribution >= 4 is 15.9 Å². The van der Waals surface area contributed by atoms with E-state index in [2.05, 4.69) is 15.9 Å². The molecule has 0 atom stereocenters. The highest BCUT2D eigenvalue weighted by molar-refractivity contribution is 9.09. The molecule has 0 spiro atoms.